The molecular formula is C15H21N3O2S2. The van der Waals surface area contributed by atoms with Crippen LogP contribution < -0.4 is 0 Å². The van der Waals surface area contributed by atoms with Gasteiger partial charge in [-0.25, -0.2) is 0 Å². The largest absolute Gasteiger partial charge is 0.339 e. The van der Waals surface area contributed by atoms with Crippen molar-refractivity contribution in [2.75, 3.05) is 45.5 Å². The fourth-order valence-corrected chi connectivity index (χ4v) is 5.24. The molecule has 2 fully saturated rings. The summed E-state index contributed by atoms with van der Waals surface area (Å²) in [4.78, 5) is 31.8. The quantitative estimate of drug-likeness (QED) is 0.835. The second kappa shape index (κ2) is 6.60. The van der Waals surface area contributed by atoms with E-state index in [1.165, 1.54) is 10.4 Å². The van der Waals surface area contributed by atoms with Crippen LogP contribution >= 0.6 is 23.1 Å². The van der Waals surface area contributed by atoms with Crippen LogP contribution in [0.2, 0.25) is 0 Å². The van der Waals surface area contributed by atoms with E-state index in [2.05, 4.69) is 30.3 Å². The summed E-state index contributed by atoms with van der Waals surface area (Å²) in [6.45, 7) is 5.59. The van der Waals surface area contributed by atoms with Crippen molar-refractivity contribution < 1.29 is 9.59 Å². The number of carbonyl (C=O) groups excluding carboxylic acids is 2. The molecular weight excluding hydrogens is 318 g/mol. The molecule has 3 rings (SSSR count). The highest BCUT2D eigenvalue weighted by Gasteiger charge is 2.36. The van der Waals surface area contributed by atoms with Gasteiger partial charge >= 0.3 is 0 Å². The number of rotatable bonds is 3. The van der Waals surface area contributed by atoms with Crippen molar-refractivity contribution in [1.82, 2.24) is 14.7 Å². The lowest BCUT2D eigenvalue weighted by Crippen LogP contribution is -2.50. The highest BCUT2D eigenvalue weighted by molar-refractivity contribution is 8.00. The fourth-order valence-electron chi connectivity index (χ4n) is 2.78. The van der Waals surface area contributed by atoms with Crippen molar-refractivity contribution in [1.29, 1.82) is 0 Å². The summed E-state index contributed by atoms with van der Waals surface area (Å²) in [7, 11) is 2.07. The SMILES string of the molecule is Cc1ccsc1[C@@H]1SCC(=O)N1CC(=O)N1CCN(C)CC1. The van der Waals surface area contributed by atoms with E-state index >= 15 is 0 Å². The van der Waals surface area contributed by atoms with Crippen LogP contribution in [0.25, 0.3) is 0 Å². The number of aryl methyl sites for hydroxylation is 1. The van der Waals surface area contributed by atoms with Crippen molar-refractivity contribution in [3.63, 3.8) is 0 Å². The van der Waals surface area contributed by atoms with Crippen LogP contribution in [0.4, 0.5) is 0 Å². The van der Waals surface area contributed by atoms with E-state index in [-0.39, 0.29) is 23.7 Å². The molecule has 1 aromatic rings. The molecule has 1 atom stereocenters. The van der Waals surface area contributed by atoms with Crippen molar-refractivity contribution in [3.8, 4) is 0 Å². The van der Waals surface area contributed by atoms with Gasteiger partial charge in [0.1, 0.15) is 11.9 Å². The Morgan fingerprint density at radius 1 is 1.32 bits per heavy atom. The molecule has 0 unspecified atom stereocenters. The van der Waals surface area contributed by atoms with Gasteiger partial charge in [0.15, 0.2) is 0 Å². The Kier molecular flexibility index (Phi) is 4.75. The minimum absolute atomic E-state index is 0.00362. The highest BCUT2D eigenvalue weighted by atomic mass is 32.2. The monoisotopic (exact) mass is 339 g/mol. The molecule has 22 heavy (non-hydrogen) atoms. The maximum absolute atomic E-state index is 12.5. The molecule has 0 bridgehead atoms. The van der Waals surface area contributed by atoms with E-state index in [1.807, 2.05) is 4.90 Å². The number of likely N-dealkylation sites (N-methyl/N-ethyl adjacent to an activating group) is 1. The Morgan fingerprint density at radius 2 is 2.05 bits per heavy atom. The number of hydrogen-bond donors (Lipinski definition) is 0. The molecule has 2 aliphatic heterocycles. The third-order valence-corrected chi connectivity index (χ3v) is 6.70. The van der Waals surface area contributed by atoms with Crippen LogP contribution in [0.3, 0.4) is 0 Å². The molecule has 3 heterocycles. The highest BCUT2D eigenvalue weighted by Crippen LogP contribution is 2.42. The summed E-state index contributed by atoms with van der Waals surface area (Å²) in [5.74, 6) is 0.617. The predicted molar refractivity (Wildman–Crippen MR) is 90.0 cm³/mol. The van der Waals surface area contributed by atoms with Gasteiger partial charge in [0.05, 0.1) is 5.75 Å². The zero-order valence-corrected chi connectivity index (χ0v) is 14.6. The maximum atomic E-state index is 12.5. The lowest BCUT2D eigenvalue weighted by Gasteiger charge is -2.34. The lowest BCUT2D eigenvalue weighted by atomic mass is 10.2. The average Bonchev–Trinajstić information content (AvgIpc) is 3.06. The first-order valence-electron chi connectivity index (χ1n) is 7.47. The smallest absolute Gasteiger partial charge is 0.242 e. The third kappa shape index (κ3) is 3.16. The number of hydrogen-bond acceptors (Lipinski definition) is 5. The molecule has 1 aromatic heterocycles. The maximum Gasteiger partial charge on any atom is 0.242 e. The molecule has 2 amide bonds. The topological polar surface area (TPSA) is 43.9 Å². The van der Waals surface area contributed by atoms with E-state index in [0.717, 1.165) is 26.2 Å². The Hall–Kier alpha value is -1.05. The Bertz CT molecular complexity index is 567. The van der Waals surface area contributed by atoms with Gasteiger partial charge in [-0.05, 0) is 31.0 Å². The van der Waals surface area contributed by atoms with Crippen LogP contribution in [-0.4, -0.2) is 72.0 Å². The van der Waals surface area contributed by atoms with Gasteiger partial charge in [0, 0.05) is 31.1 Å². The van der Waals surface area contributed by atoms with E-state index in [0.29, 0.717) is 5.75 Å². The van der Waals surface area contributed by atoms with E-state index in [9.17, 15) is 9.59 Å². The second-order valence-corrected chi connectivity index (χ2v) is 7.85. The van der Waals surface area contributed by atoms with Crippen molar-refractivity contribution in [2.24, 2.45) is 0 Å². The number of amides is 2. The summed E-state index contributed by atoms with van der Waals surface area (Å²) >= 11 is 3.30. The zero-order valence-electron chi connectivity index (χ0n) is 12.9. The van der Waals surface area contributed by atoms with Crippen LogP contribution in [0, 0.1) is 6.92 Å². The predicted octanol–water partition coefficient (Wildman–Crippen LogP) is 1.40. The molecule has 0 N–H and O–H groups in total. The van der Waals surface area contributed by atoms with E-state index in [4.69, 9.17) is 0 Å². The summed E-state index contributed by atoms with van der Waals surface area (Å²) < 4.78 is 0. The molecule has 120 valence electrons. The van der Waals surface area contributed by atoms with E-state index < -0.39 is 0 Å². The van der Waals surface area contributed by atoms with Gasteiger partial charge in [-0.1, -0.05) is 0 Å². The standard InChI is InChI=1S/C15H21N3O2S2/c1-11-3-8-21-14(11)15-18(13(20)10-22-15)9-12(19)17-6-4-16(2)5-7-17/h3,8,15H,4-7,9-10H2,1-2H3/t15-/m0/s1. The first-order chi connectivity index (χ1) is 10.6. The van der Waals surface area contributed by atoms with Gasteiger partial charge < -0.3 is 14.7 Å². The van der Waals surface area contributed by atoms with Crippen LogP contribution in [0.1, 0.15) is 15.8 Å². The fraction of sp³-hybridized carbons (Fsp3) is 0.600. The summed E-state index contributed by atoms with van der Waals surface area (Å²) in [6, 6.07) is 2.07. The number of piperazine rings is 1. The number of thiophene rings is 1. The molecule has 0 aliphatic carbocycles. The van der Waals surface area contributed by atoms with Crippen molar-refractivity contribution in [2.45, 2.75) is 12.3 Å². The Balaban J connectivity index is 1.68. The van der Waals surface area contributed by atoms with Crippen LogP contribution in [0.15, 0.2) is 11.4 Å². The van der Waals surface area contributed by atoms with Gasteiger partial charge in [-0.3, -0.25) is 9.59 Å². The first-order valence-corrected chi connectivity index (χ1v) is 9.40. The second-order valence-electron chi connectivity index (χ2n) is 5.84. The molecule has 2 saturated heterocycles. The molecule has 0 aromatic carbocycles. The number of nitrogens with zero attached hydrogens (tertiary/aromatic N) is 3. The molecule has 5 nitrogen and oxygen atoms in total. The van der Waals surface area contributed by atoms with Crippen molar-refractivity contribution in [3.05, 3.63) is 21.9 Å². The lowest BCUT2D eigenvalue weighted by molar-refractivity contribution is -0.140. The first kappa shape index (κ1) is 15.8. The third-order valence-electron chi connectivity index (χ3n) is 4.26. The van der Waals surface area contributed by atoms with Gasteiger partial charge in [-0.2, -0.15) is 0 Å². The molecule has 7 heteroatoms. The summed E-state index contributed by atoms with van der Waals surface area (Å²) in [6.07, 6.45) is 0. The average molecular weight is 339 g/mol. The van der Waals surface area contributed by atoms with Gasteiger partial charge in [0.2, 0.25) is 11.8 Å². The van der Waals surface area contributed by atoms with Crippen LogP contribution in [0.5, 0.6) is 0 Å². The molecule has 2 aliphatic rings. The minimum atomic E-state index is 0.00362. The minimum Gasteiger partial charge on any atom is -0.339 e. The normalized spacial score (nSPS) is 23.4. The molecule has 0 saturated carbocycles. The Morgan fingerprint density at radius 3 is 2.68 bits per heavy atom. The Labute approximate surface area is 139 Å². The molecule has 0 spiro atoms. The zero-order chi connectivity index (χ0) is 15.7. The van der Waals surface area contributed by atoms with Gasteiger partial charge in [0.25, 0.3) is 0 Å². The van der Waals surface area contributed by atoms with E-state index in [1.54, 1.807) is 28.0 Å². The summed E-state index contributed by atoms with van der Waals surface area (Å²) in [5.41, 5.74) is 1.20. The van der Waals surface area contributed by atoms with Crippen molar-refractivity contribution >= 4 is 34.9 Å². The number of thioether (sulfide) groups is 1. The van der Waals surface area contributed by atoms with Gasteiger partial charge in [-0.15, -0.1) is 23.1 Å². The summed E-state index contributed by atoms with van der Waals surface area (Å²) in [5, 5.41) is 2.05. The number of carbonyl (C=O) groups is 2. The molecule has 0 radical (unpaired) electrons. The van der Waals surface area contributed by atoms with Crippen LogP contribution in [-0.2, 0) is 9.59 Å².